The average molecular weight is 366 g/mol. The van der Waals surface area contributed by atoms with E-state index in [0.717, 1.165) is 34.5 Å². The highest BCUT2D eigenvalue weighted by atomic mass is 35.5. The van der Waals surface area contributed by atoms with Crippen molar-refractivity contribution in [2.24, 2.45) is 0 Å². The molecule has 0 radical (unpaired) electrons. The molecule has 0 saturated carbocycles. The molecule has 1 N–H and O–H groups in total. The van der Waals surface area contributed by atoms with Gasteiger partial charge in [-0.25, -0.2) is 4.39 Å². The number of hydrogen-bond acceptors (Lipinski definition) is 2. The smallest absolute Gasteiger partial charge is 0.138 e. The predicted octanol–water partition coefficient (Wildman–Crippen LogP) is 6.02. The van der Waals surface area contributed by atoms with E-state index in [1.54, 1.807) is 19.2 Å². The summed E-state index contributed by atoms with van der Waals surface area (Å²) < 4.78 is 18.8. The third kappa shape index (κ3) is 3.06. The minimum absolute atomic E-state index is 0.250. The Morgan fingerprint density at radius 3 is 2.46 bits per heavy atom. The number of anilines is 1. The van der Waals surface area contributed by atoms with Crippen molar-refractivity contribution < 1.29 is 9.13 Å². The van der Waals surface area contributed by atoms with E-state index < -0.39 is 0 Å². The molecule has 26 heavy (non-hydrogen) atoms. The molecule has 4 heteroatoms. The monoisotopic (exact) mass is 365 g/mol. The second kappa shape index (κ2) is 6.85. The first-order valence-electron chi connectivity index (χ1n) is 8.33. The van der Waals surface area contributed by atoms with Crippen molar-refractivity contribution in [3.63, 3.8) is 0 Å². The Bertz CT molecular complexity index is 995. The van der Waals surface area contributed by atoms with Crippen molar-refractivity contribution in [3.8, 4) is 5.75 Å². The van der Waals surface area contributed by atoms with Crippen LogP contribution in [0.2, 0.25) is 5.02 Å². The number of methoxy groups -OCH3 is 1. The standard InChI is InChI=1S/C22H17ClFNO/c1-26-21-13-15(8-11-19(21)23)18-12-16-4-2-3-5-20(16)25-22(18)14-6-9-17(24)10-7-14/h2-11,13,25H,12H2,1H3. The van der Waals surface area contributed by atoms with Gasteiger partial charge in [0.2, 0.25) is 0 Å². The van der Waals surface area contributed by atoms with Crippen LogP contribution in [0, 0.1) is 5.82 Å². The lowest BCUT2D eigenvalue weighted by Crippen LogP contribution is -2.12. The fourth-order valence-corrected chi connectivity index (χ4v) is 3.44. The number of fused-ring (bicyclic) bond motifs is 1. The van der Waals surface area contributed by atoms with Crippen LogP contribution in [0.4, 0.5) is 10.1 Å². The van der Waals surface area contributed by atoms with E-state index in [1.165, 1.54) is 17.7 Å². The Morgan fingerprint density at radius 1 is 0.962 bits per heavy atom. The lowest BCUT2D eigenvalue weighted by Gasteiger charge is -2.26. The summed E-state index contributed by atoms with van der Waals surface area (Å²) in [7, 11) is 1.61. The molecule has 0 saturated heterocycles. The van der Waals surface area contributed by atoms with E-state index in [1.807, 2.05) is 30.3 Å². The minimum atomic E-state index is -0.250. The molecule has 1 heterocycles. The summed E-state index contributed by atoms with van der Waals surface area (Å²) in [5.41, 5.74) is 6.31. The van der Waals surface area contributed by atoms with Crippen LogP contribution in [0.3, 0.4) is 0 Å². The lowest BCUT2D eigenvalue weighted by atomic mass is 9.89. The van der Waals surface area contributed by atoms with E-state index in [4.69, 9.17) is 16.3 Å². The molecule has 0 aliphatic carbocycles. The van der Waals surface area contributed by atoms with Gasteiger partial charge in [0.05, 0.1) is 12.1 Å². The number of hydrogen-bond donors (Lipinski definition) is 1. The van der Waals surface area contributed by atoms with Crippen molar-refractivity contribution in [3.05, 3.63) is 94.3 Å². The number of allylic oxidation sites excluding steroid dienone is 1. The number of rotatable bonds is 3. The molecule has 1 aliphatic rings. The molecular weight excluding hydrogens is 349 g/mol. The molecule has 0 atom stereocenters. The number of benzene rings is 3. The normalized spacial score (nSPS) is 13.2. The highest BCUT2D eigenvalue weighted by Gasteiger charge is 2.20. The van der Waals surface area contributed by atoms with Crippen molar-refractivity contribution >= 4 is 28.6 Å². The van der Waals surface area contributed by atoms with Gasteiger partial charge in [-0.1, -0.05) is 35.9 Å². The van der Waals surface area contributed by atoms with Crippen molar-refractivity contribution in [1.82, 2.24) is 0 Å². The molecule has 1 aliphatic heterocycles. The van der Waals surface area contributed by atoms with Crippen LogP contribution in [-0.4, -0.2) is 7.11 Å². The highest BCUT2D eigenvalue weighted by molar-refractivity contribution is 6.32. The second-order valence-electron chi connectivity index (χ2n) is 6.17. The summed E-state index contributed by atoms with van der Waals surface area (Å²) in [5.74, 6) is 0.384. The van der Waals surface area contributed by atoms with Gasteiger partial charge in [0, 0.05) is 17.8 Å². The van der Waals surface area contributed by atoms with E-state index in [0.29, 0.717) is 10.8 Å². The Hall–Kier alpha value is -2.78. The van der Waals surface area contributed by atoms with Gasteiger partial charge < -0.3 is 10.1 Å². The van der Waals surface area contributed by atoms with Crippen LogP contribution in [0.15, 0.2) is 66.7 Å². The van der Waals surface area contributed by atoms with Crippen LogP contribution < -0.4 is 10.1 Å². The van der Waals surface area contributed by atoms with Crippen LogP contribution in [0.1, 0.15) is 16.7 Å². The Labute approximate surface area is 156 Å². The maximum Gasteiger partial charge on any atom is 0.138 e. The molecule has 3 aromatic carbocycles. The number of halogens is 2. The van der Waals surface area contributed by atoms with E-state index in [-0.39, 0.29) is 5.82 Å². The molecule has 0 bridgehead atoms. The summed E-state index contributed by atoms with van der Waals surface area (Å²) in [4.78, 5) is 0. The first-order valence-corrected chi connectivity index (χ1v) is 8.71. The van der Waals surface area contributed by atoms with Crippen LogP contribution >= 0.6 is 11.6 Å². The lowest BCUT2D eigenvalue weighted by molar-refractivity contribution is 0.415. The van der Waals surface area contributed by atoms with E-state index in [9.17, 15) is 4.39 Å². The quantitative estimate of drug-likeness (QED) is 0.612. The van der Waals surface area contributed by atoms with Crippen molar-refractivity contribution in [2.75, 3.05) is 12.4 Å². The molecule has 130 valence electrons. The highest BCUT2D eigenvalue weighted by Crippen LogP contribution is 2.39. The zero-order valence-electron chi connectivity index (χ0n) is 14.2. The summed E-state index contributed by atoms with van der Waals surface area (Å²) in [5, 5.41) is 4.09. The fraction of sp³-hybridized carbons (Fsp3) is 0.0909. The molecule has 0 unspecified atom stereocenters. The molecule has 0 spiro atoms. The number of para-hydroxylation sites is 1. The van der Waals surface area contributed by atoms with Crippen LogP contribution in [0.5, 0.6) is 5.75 Å². The fourth-order valence-electron chi connectivity index (χ4n) is 3.24. The Balaban J connectivity index is 1.89. The number of ether oxygens (including phenoxy) is 1. The summed E-state index contributed by atoms with van der Waals surface area (Å²) in [6.45, 7) is 0. The van der Waals surface area contributed by atoms with Gasteiger partial charge in [0.15, 0.2) is 0 Å². The molecule has 0 aromatic heterocycles. The molecule has 0 fully saturated rings. The van der Waals surface area contributed by atoms with Gasteiger partial charge in [0.25, 0.3) is 0 Å². The summed E-state index contributed by atoms with van der Waals surface area (Å²) in [6, 6.07) is 20.5. The third-order valence-electron chi connectivity index (χ3n) is 4.58. The number of nitrogens with one attached hydrogen (secondary N) is 1. The topological polar surface area (TPSA) is 21.3 Å². The van der Waals surface area contributed by atoms with Gasteiger partial charge in [-0.3, -0.25) is 0 Å². The zero-order valence-corrected chi connectivity index (χ0v) is 15.0. The zero-order chi connectivity index (χ0) is 18.1. The Morgan fingerprint density at radius 2 is 1.69 bits per heavy atom. The van der Waals surface area contributed by atoms with Gasteiger partial charge in [0.1, 0.15) is 11.6 Å². The van der Waals surface area contributed by atoms with Gasteiger partial charge in [-0.2, -0.15) is 0 Å². The average Bonchev–Trinajstić information content (AvgIpc) is 2.68. The third-order valence-corrected chi connectivity index (χ3v) is 4.89. The minimum Gasteiger partial charge on any atom is -0.495 e. The molecule has 4 rings (SSSR count). The Kier molecular flexibility index (Phi) is 4.39. The van der Waals surface area contributed by atoms with Gasteiger partial charge in [-0.15, -0.1) is 0 Å². The van der Waals surface area contributed by atoms with Crippen LogP contribution in [0.25, 0.3) is 11.3 Å². The predicted molar refractivity (Wildman–Crippen MR) is 105 cm³/mol. The van der Waals surface area contributed by atoms with E-state index in [2.05, 4.69) is 17.4 Å². The van der Waals surface area contributed by atoms with Crippen molar-refractivity contribution in [1.29, 1.82) is 0 Å². The first-order chi connectivity index (χ1) is 12.7. The van der Waals surface area contributed by atoms with Crippen molar-refractivity contribution in [2.45, 2.75) is 6.42 Å². The maximum absolute atomic E-state index is 13.4. The van der Waals surface area contributed by atoms with Gasteiger partial charge >= 0.3 is 0 Å². The maximum atomic E-state index is 13.4. The molecule has 2 nitrogen and oxygen atoms in total. The molecular formula is C22H17ClFNO. The first kappa shape index (κ1) is 16.7. The van der Waals surface area contributed by atoms with Crippen LogP contribution in [-0.2, 0) is 6.42 Å². The molecule has 3 aromatic rings. The SMILES string of the molecule is COc1cc(C2=C(c3ccc(F)cc3)Nc3ccccc3C2)ccc1Cl. The largest absolute Gasteiger partial charge is 0.495 e. The summed E-state index contributed by atoms with van der Waals surface area (Å²) >= 11 is 6.19. The van der Waals surface area contributed by atoms with Gasteiger partial charge in [-0.05, 0) is 64.7 Å². The second-order valence-corrected chi connectivity index (χ2v) is 6.58. The molecule has 0 amide bonds. The summed E-state index contributed by atoms with van der Waals surface area (Å²) in [6.07, 6.45) is 0.765. The van der Waals surface area contributed by atoms with E-state index >= 15 is 0 Å².